The van der Waals surface area contributed by atoms with E-state index < -0.39 is 15.9 Å². The zero-order valence-electron chi connectivity index (χ0n) is 19.3. The van der Waals surface area contributed by atoms with Crippen LogP contribution in [0.3, 0.4) is 0 Å². The first-order valence-corrected chi connectivity index (χ1v) is 13.0. The van der Waals surface area contributed by atoms with Gasteiger partial charge in [-0.05, 0) is 86.0 Å². The molecule has 4 rings (SSSR count). The fourth-order valence-electron chi connectivity index (χ4n) is 4.09. The summed E-state index contributed by atoms with van der Waals surface area (Å²) in [5.74, 6) is 0.0652. The van der Waals surface area contributed by atoms with Gasteiger partial charge < -0.3 is 9.64 Å². The summed E-state index contributed by atoms with van der Waals surface area (Å²) in [6.07, 6.45) is 7.37. The number of benzene rings is 2. The number of nitrogens with zero attached hydrogens (tertiary/aromatic N) is 2. The van der Waals surface area contributed by atoms with E-state index in [0.717, 1.165) is 39.9 Å². The van der Waals surface area contributed by atoms with Crippen LogP contribution in [0.1, 0.15) is 25.0 Å². The monoisotopic (exact) mass is 495 g/mol. The second kappa shape index (κ2) is 11.4. The van der Waals surface area contributed by atoms with E-state index >= 15 is 0 Å². The number of likely N-dealkylation sites (tertiary alicyclic amines) is 1. The van der Waals surface area contributed by atoms with E-state index in [1.54, 1.807) is 36.4 Å². The Bertz CT molecular complexity index is 1260. The van der Waals surface area contributed by atoms with E-state index in [9.17, 15) is 13.2 Å². The predicted octanol–water partition coefficient (Wildman–Crippen LogP) is 3.78. The highest BCUT2D eigenvalue weighted by Crippen LogP contribution is 2.25. The van der Waals surface area contributed by atoms with E-state index in [1.165, 1.54) is 43.7 Å². The molecule has 0 atom stereocenters. The van der Waals surface area contributed by atoms with E-state index in [0.29, 0.717) is 6.61 Å². The SMILES string of the molecule is O=C(C=Cc1cccn1S(=O)(=O)c1ccc(-c2ccc(OCCCN3CCCC3)cc2)cc1)NO. The molecule has 9 heteroatoms. The van der Waals surface area contributed by atoms with Gasteiger partial charge >= 0.3 is 0 Å². The maximum Gasteiger partial charge on any atom is 0.268 e. The molecule has 0 bridgehead atoms. The normalized spacial score (nSPS) is 14.4. The topological polar surface area (TPSA) is 101 Å². The summed E-state index contributed by atoms with van der Waals surface area (Å²) in [7, 11) is -3.86. The fraction of sp³-hybridized carbons (Fsp3) is 0.269. The van der Waals surface area contributed by atoms with Crippen LogP contribution in [0, 0.1) is 0 Å². The van der Waals surface area contributed by atoms with E-state index in [2.05, 4.69) is 4.90 Å². The Morgan fingerprint density at radius 3 is 2.31 bits per heavy atom. The van der Waals surface area contributed by atoms with Crippen LogP contribution in [0.2, 0.25) is 0 Å². The van der Waals surface area contributed by atoms with Crippen molar-refractivity contribution < 1.29 is 23.2 Å². The molecule has 3 aromatic rings. The van der Waals surface area contributed by atoms with Gasteiger partial charge in [-0.3, -0.25) is 10.0 Å². The summed E-state index contributed by atoms with van der Waals surface area (Å²) in [6.45, 7) is 4.15. The van der Waals surface area contributed by atoms with Crippen molar-refractivity contribution in [3.63, 3.8) is 0 Å². The van der Waals surface area contributed by atoms with E-state index in [1.807, 2.05) is 24.3 Å². The summed E-state index contributed by atoms with van der Waals surface area (Å²) < 4.78 is 33.1. The number of carbonyl (C=O) groups is 1. The van der Waals surface area contributed by atoms with Gasteiger partial charge in [0.05, 0.1) is 17.2 Å². The van der Waals surface area contributed by atoms with Crippen LogP contribution in [-0.2, 0) is 14.8 Å². The van der Waals surface area contributed by atoms with Crippen LogP contribution in [0.5, 0.6) is 5.75 Å². The van der Waals surface area contributed by atoms with Crippen molar-refractivity contribution in [1.82, 2.24) is 14.4 Å². The number of rotatable bonds is 10. The summed E-state index contributed by atoms with van der Waals surface area (Å²) in [4.78, 5) is 13.8. The molecule has 184 valence electrons. The summed E-state index contributed by atoms with van der Waals surface area (Å²) >= 11 is 0. The zero-order valence-corrected chi connectivity index (χ0v) is 20.2. The first kappa shape index (κ1) is 24.7. The molecule has 0 spiro atoms. The Morgan fingerprint density at radius 2 is 1.66 bits per heavy atom. The van der Waals surface area contributed by atoms with Crippen LogP contribution in [0.15, 0.2) is 77.8 Å². The molecular weight excluding hydrogens is 466 g/mol. The standard InChI is InChI=1S/C26H29N3O5S/c30-26(27-31)15-10-23-5-3-19-29(23)35(32,33)25-13-8-22(9-14-25)21-6-11-24(12-7-21)34-20-4-18-28-16-1-2-17-28/h3,5-15,19,31H,1-2,4,16-18,20H2,(H,27,30). The fourth-order valence-corrected chi connectivity index (χ4v) is 5.42. The molecule has 1 fully saturated rings. The maximum atomic E-state index is 13.1. The van der Waals surface area contributed by atoms with Gasteiger partial charge in [0.1, 0.15) is 5.75 Å². The van der Waals surface area contributed by atoms with Crippen LogP contribution in [0.25, 0.3) is 17.2 Å². The lowest BCUT2D eigenvalue weighted by Crippen LogP contribution is -2.21. The number of hydroxylamine groups is 1. The van der Waals surface area contributed by atoms with Gasteiger partial charge in [0.25, 0.3) is 15.9 Å². The van der Waals surface area contributed by atoms with Crippen molar-refractivity contribution in [2.24, 2.45) is 0 Å². The van der Waals surface area contributed by atoms with Crippen molar-refractivity contribution in [3.05, 3.63) is 78.6 Å². The molecule has 2 N–H and O–H groups in total. The zero-order chi connectivity index (χ0) is 24.7. The third-order valence-corrected chi connectivity index (χ3v) is 7.66. The van der Waals surface area contributed by atoms with Gasteiger partial charge in [0.15, 0.2) is 0 Å². The van der Waals surface area contributed by atoms with E-state index in [-0.39, 0.29) is 10.6 Å². The second-order valence-corrected chi connectivity index (χ2v) is 10.2. The average molecular weight is 496 g/mol. The van der Waals surface area contributed by atoms with Crippen LogP contribution in [0.4, 0.5) is 0 Å². The van der Waals surface area contributed by atoms with Gasteiger partial charge in [-0.15, -0.1) is 0 Å². The molecule has 1 aliphatic rings. The van der Waals surface area contributed by atoms with Crippen molar-refractivity contribution in [3.8, 4) is 16.9 Å². The van der Waals surface area contributed by atoms with Gasteiger partial charge in [0.2, 0.25) is 0 Å². The molecule has 0 radical (unpaired) electrons. The average Bonchev–Trinajstić information content (AvgIpc) is 3.58. The van der Waals surface area contributed by atoms with Crippen LogP contribution in [-0.4, -0.2) is 54.6 Å². The molecule has 1 amide bonds. The molecule has 8 nitrogen and oxygen atoms in total. The Morgan fingerprint density at radius 1 is 1.00 bits per heavy atom. The Balaban J connectivity index is 1.39. The van der Waals surface area contributed by atoms with Crippen LogP contribution >= 0.6 is 0 Å². The number of hydrogen-bond donors (Lipinski definition) is 2. The number of amides is 1. The Kier molecular flexibility index (Phi) is 8.02. The number of aromatic nitrogens is 1. The lowest BCUT2D eigenvalue weighted by atomic mass is 10.1. The molecule has 1 aromatic heterocycles. The van der Waals surface area contributed by atoms with Crippen molar-refractivity contribution >= 4 is 22.0 Å². The second-order valence-electron chi connectivity index (χ2n) is 8.34. The molecule has 0 unspecified atom stereocenters. The van der Waals surface area contributed by atoms with Gasteiger partial charge in [-0.2, -0.15) is 0 Å². The summed E-state index contributed by atoms with van der Waals surface area (Å²) in [5.41, 5.74) is 3.60. The van der Waals surface area contributed by atoms with Crippen LogP contribution < -0.4 is 10.2 Å². The van der Waals surface area contributed by atoms with Crippen molar-refractivity contribution in [2.75, 3.05) is 26.2 Å². The smallest absolute Gasteiger partial charge is 0.268 e. The number of nitrogens with one attached hydrogen (secondary N) is 1. The minimum atomic E-state index is -3.86. The minimum absolute atomic E-state index is 0.122. The van der Waals surface area contributed by atoms with Gasteiger partial charge in [-0.1, -0.05) is 24.3 Å². The largest absolute Gasteiger partial charge is 0.494 e. The molecule has 2 aromatic carbocycles. The summed E-state index contributed by atoms with van der Waals surface area (Å²) in [5, 5.41) is 8.61. The predicted molar refractivity (Wildman–Crippen MR) is 134 cm³/mol. The number of ether oxygens (including phenoxy) is 1. The lowest BCUT2D eigenvalue weighted by molar-refractivity contribution is -0.124. The van der Waals surface area contributed by atoms with Crippen molar-refractivity contribution in [2.45, 2.75) is 24.2 Å². The molecule has 35 heavy (non-hydrogen) atoms. The van der Waals surface area contributed by atoms with Gasteiger partial charge in [0, 0.05) is 18.8 Å². The quantitative estimate of drug-likeness (QED) is 0.192. The Hall–Kier alpha value is -3.40. The molecule has 0 saturated carbocycles. The Labute approximate surface area is 205 Å². The highest BCUT2D eigenvalue weighted by atomic mass is 32.2. The third kappa shape index (κ3) is 6.19. The number of hydrogen-bond acceptors (Lipinski definition) is 6. The minimum Gasteiger partial charge on any atom is -0.494 e. The number of carbonyl (C=O) groups excluding carboxylic acids is 1. The van der Waals surface area contributed by atoms with E-state index in [4.69, 9.17) is 9.94 Å². The highest BCUT2D eigenvalue weighted by molar-refractivity contribution is 7.90. The van der Waals surface area contributed by atoms with Gasteiger partial charge in [-0.25, -0.2) is 17.9 Å². The first-order valence-electron chi connectivity index (χ1n) is 11.6. The third-order valence-electron chi connectivity index (χ3n) is 5.94. The molecule has 0 aliphatic carbocycles. The van der Waals surface area contributed by atoms with Crippen molar-refractivity contribution in [1.29, 1.82) is 0 Å². The molecule has 2 heterocycles. The highest BCUT2D eigenvalue weighted by Gasteiger charge is 2.18. The maximum absolute atomic E-state index is 13.1. The molecule has 1 saturated heterocycles. The lowest BCUT2D eigenvalue weighted by Gasteiger charge is -2.14. The molecule has 1 aliphatic heterocycles. The summed E-state index contributed by atoms with van der Waals surface area (Å²) in [6, 6.07) is 17.5. The first-order chi connectivity index (χ1) is 17.0. The molecular formula is C26H29N3O5S.